The van der Waals surface area contributed by atoms with Gasteiger partial charge in [-0.1, -0.05) is 48.6 Å². The number of aromatic nitrogens is 5. The topological polar surface area (TPSA) is 116 Å². The Kier molecular flexibility index (Phi) is 4.29. The summed E-state index contributed by atoms with van der Waals surface area (Å²) in [5, 5.41) is 17.6. The highest BCUT2D eigenvalue weighted by Crippen LogP contribution is 2.31. The Morgan fingerprint density at radius 3 is 2.74 bits per heavy atom. The zero-order valence-corrected chi connectivity index (χ0v) is 13.1. The molecule has 0 aliphatic rings. The Labute approximate surface area is 135 Å². The van der Waals surface area contributed by atoms with E-state index in [2.05, 4.69) is 37.6 Å². The van der Waals surface area contributed by atoms with Crippen molar-refractivity contribution in [2.24, 2.45) is 0 Å². The van der Waals surface area contributed by atoms with E-state index < -0.39 is 11.6 Å². The molecule has 3 rings (SSSR count). The smallest absolute Gasteiger partial charge is 0.294 e. The number of carbonyl (C=O) groups excluding carboxylic acids is 1. The maximum Gasteiger partial charge on any atom is 0.341 e. The first-order valence-electron chi connectivity index (χ1n) is 7.01. The molecule has 1 aromatic carbocycles. The third-order valence-electron chi connectivity index (χ3n) is 3.29. The van der Waals surface area contributed by atoms with Gasteiger partial charge in [-0.2, -0.15) is 0 Å². The fraction of sp³-hybridized carbons (Fsp3) is 0.214. The zero-order valence-electron chi connectivity index (χ0n) is 12.2. The summed E-state index contributed by atoms with van der Waals surface area (Å²) in [6.07, 6.45) is 0.874. The summed E-state index contributed by atoms with van der Waals surface area (Å²) in [6.45, 7) is 2.08. The second-order valence-electron chi connectivity index (χ2n) is 4.80. The SMILES string of the molecule is CC[C@@H](c1ccccc1)c1nnc(NC(=O)c2n[nH]c(=O)[nH]2)s1. The first-order valence-corrected chi connectivity index (χ1v) is 7.83. The van der Waals surface area contributed by atoms with Crippen molar-refractivity contribution >= 4 is 22.4 Å². The molecule has 8 nitrogen and oxygen atoms in total. The van der Waals surface area contributed by atoms with Gasteiger partial charge in [-0.25, -0.2) is 9.89 Å². The third-order valence-corrected chi connectivity index (χ3v) is 4.24. The molecule has 0 saturated heterocycles. The number of amides is 1. The molecule has 0 fully saturated rings. The number of rotatable bonds is 5. The molecule has 0 unspecified atom stereocenters. The highest BCUT2D eigenvalue weighted by Gasteiger charge is 2.19. The normalized spacial score (nSPS) is 12.0. The van der Waals surface area contributed by atoms with Gasteiger partial charge in [0.05, 0.1) is 0 Å². The van der Waals surface area contributed by atoms with E-state index in [0.717, 1.165) is 17.0 Å². The van der Waals surface area contributed by atoms with Gasteiger partial charge in [0, 0.05) is 5.92 Å². The number of hydrogen-bond acceptors (Lipinski definition) is 6. The lowest BCUT2D eigenvalue weighted by Gasteiger charge is -2.10. The van der Waals surface area contributed by atoms with Crippen LogP contribution in [0.1, 0.15) is 40.5 Å². The van der Waals surface area contributed by atoms with E-state index in [-0.39, 0.29) is 11.7 Å². The number of nitrogens with zero attached hydrogens (tertiary/aromatic N) is 3. The predicted molar refractivity (Wildman–Crippen MR) is 85.6 cm³/mol. The number of anilines is 1. The summed E-state index contributed by atoms with van der Waals surface area (Å²) < 4.78 is 0. The lowest BCUT2D eigenvalue weighted by molar-refractivity contribution is 0.101. The number of H-pyrrole nitrogens is 2. The first-order chi connectivity index (χ1) is 11.2. The molecule has 1 amide bonds. The number of carbonyl (C=O) groups is 1. The molecule has 9 heteroatoms. The number of benzene rings is 1. The number of aromatic amines is 2. The van der Waals surface area contributed by atoms with Crippen LogP contribution >= 0.6 is 11.3 Å². The summed E-state index contributed by atoms with van der Waals surface area (Å²) in [5.74, 6) is -0.509. The largest absolute Gasteiger partial charge is 0.341 e. The van der Waals surface area contributed by atoms with E-state index in [1.807, 2.05) is 30.3 Å². The molecule has 0 spiro atoms. The van der Waals surface area contributed by atoms with E-state index in [0.29, 0.717) is 5.13 Å². The average molecular weight is 330 g/mol. The standard InChI is InChI=1S/C14H14N6O2S/c1-2-9(8-6-4-3-5-7-8)12-18-20-14(23-12)16-11(21)10-15-13(22)19-17-10/h3-7,9H,2H2,1H3,(H,16,20,21)(H2,15,17,19,22)/t9-/m0/s1. The summed E-state index contributed by atoms with van der Waals surface area (Å²) in [5.41, 5.74) is 0.615. The van der Waals surface area contributed by atoms with Crippen LogP contribution in [0.5, 0.6) is 0 Å². The molecule has 0 saturated carbocycles. The van der Waals surface area contributed by atoms with Gasteiger partial charge in [-0.3, -0.25) is 15.1 Å². The summed E-state index contributed by atoms with van der Waals surface area (Å²) >= 11 is 1.31. The van der Waals surface area contributed by atoms with Crippen LogP contribution in [0.3, 0.4) is 0 Å². The molecular formula is C14H14N6O2S. The van der Waals surface area contributed by atoms with E-state index in [9.17, 15) is 9.59 Å². The fourth-order valence-corrected chi connectivity index (χ4v) is 3.15. The van der Waals surface area contributed by atoms with Crippen molar-refractivity contribution in [3.05, 3.63) is 57.2 Å². The molecule has 3 aromatic rings. The minimum Gasteiger partial charge on any atom is -0.294 e. The second-order valence-corrected chi connectivity index (χ2v) is 5.81. The molecule has 2 aromatic heterocycles. The number of hydrogen-bond donors (Lipinski definition) is 3. The second kappa shape index (κ2) is 6.53. The fourth-order valence-electron chi connectivity index (χ4n) is 2.20. The Balaban J connectivity index is 1.77. The summed E-state index contributed by atoms with van der Waals surface area (Å²) in [6, 6.07) is 10.0. The summed E-state index contributed by atoms with van der Waals surface area (Å²) in [7, 11) is 0. The molecule has 118 valence electrons. The van der Waals surface area contributed by atoms with Crippen molar-refractivity contribution in [1.82, 2.24) is 25.4 Å². The molecule has 23 heavy (non-hydrogen) atoms. The minimum atomic E-state index is -0.543. The van der Waals surface area contributed by atoms with Gasteiger partial charge in [0.25, 0.3) is 5.91 Å². The summed E-state index contributed by atoms with van der Waals surface area (Å²) in [4.78, 5) is 25.2. The Hall–Kier alpha value is -2.81. The van der Waals surface area contributed by atoms with Crippen molar-refractivity contribution in [3.8, 4) is 0 Å². The van der Waals surface area contributed by atoms with Crippen molar-refractivity contribution in [3.63, 3.8) is 0 Å². The van der Waals surface area contributed by atoms with Crippen molar-refractivity contribution in [2.45, 2.75) is 19.3 Å². The third kappa shape index (κ3) is 3.34. The van der Waals surface area contributed by atoms with Crippen LogP contribution in [0.15, 0.2) is 35.1 Å². The van der Waals surface area contributed by atoms with E-state index in [1.165, 1.54) is 11.3 Å². The van der Waals surface area contributed by atoms with Crippen LogP contribution in [-0.4, -0.2) is 31.3 Å². The quantitative estimate of drug-likeness (QED) is 0.659. The first kappa shape index (κ1) is 15.1. The van der Waals surface area contributed by atoms with Crippen molar-refractivity contribution in [2.75, 3.05) is 5.32 Å². The van der Waals surface area contributed by atoms with Crippen LogP contribution in [0.4, 0.5) is 5.13 Å². The molecule has 0 radical (unpaired) electrons. The lowest BCUT2D eigenvalue weighted by atomic mass is 9.97. The molecule has 1 atom stereocenters. The maximum absolute atomic E-state index is 11.9. The molecule has 0 aliphatic heterocycles. The average Bonchev–Trinajstić information content (AvgIpc) is 3.19. The van der Waals surface area contributed by atoms with Gasteiger partial charge in [-0.15, -0.1) is 15.3 Å². The van der Waals surface area contributed by atoms with E-state index >= 15 is 0 Å². The molecule has 2 heterocycles. The highest BCUT2D eigenvalue weighted by molar-refractivity contribution is 7.15. The van der Waals surface area contributed by atoms with Crippen LogP contribution in [-0.2, 0) is 0 Å². The molecular weight excluding hydrogens is 316 g/mol. The monoisotopic (exact) mass is 330 g/mol. The van der Waals surface area contributed by atoms with Crippen molar-refractivity contribution in [1.29, 1.82) is 0 Å². The zero-order chi connectivity index (χ0) is 16.2. The van der Waals surface area contributed by atoms with Gasteiger partial charge in [0.1, 0.15) is 5.01 Å². The minimum absolute atomic E-state index is 0.0955. The van der Waals surface area contributed by atoms with Gasteiger partial charge in [0.2, 0.25) is 11.0 Å². The van der Waals surface area contributed by atoms with Crippen molar-refractivity contribution < 1.29 is 4.79 Å². The van der Waals surface area contributed by atoms with Crippen LogP contribution in [0, 0.1) is 0 Å². The Bertz CT molecular complexity index is 853. The maximum atomic E-state index is 11.9. The van der Waals surface area contributed by atoms with Gasteiger partial charge in [0.15, 0.2) is 0 Å². The van der Waals surface area contributed by atoms with E-state index in [4.69, 9.17) is 0 Å². The number of nitrogens with one attached hydrogen (secondary N) is 3. The molecule has 0 bridgehead atoms. The predicted octanol–water partition coefficient (Wildman–Crippen LogP) is 1.74. The van der Waals surface area contributed by atoms with Gasteiger partial charge in [-0.05, 0) is 12.0 Å². The van der Waals surface area contributed by atoms with Crippen LogP contribution in [0.25, 0.3) is 0 Å². The molecule has 3 N–H and O–H groups in total. The van der Waals surface area contributed by atoms with Crippen LogP contribution in [0.2, 0.25) is 0 Å². The van der Waals surface area contributed by atoms with Gasteiger partial charge < -0.3 is 0 Å². The lowest BCUT2D eigenvalue weighted by Crippen LogP contribution is -2.14. The Morgan fingerprint density at radius 2 is 2.09 bits per heavy atom. The van der Waals surface area contributed by atoms with Gasteiger partial charge >= 0.3 is 5.69 Å². The Morgan fingerprint density at radius 1 is 1.30 bits per heavy atom. The highest BCUT2D eigenvalue weighted by atomic mass is 32.1. The van der Waals surface area contributed by atoms with E-state index in [1.54, 1.807) is 0 Å². The van der Waals surface area contributed by atoms with Crippen LogP contribution < -0.4 is 11.0 Å². The molecule has 0 aliphatic carbocycles.